The molecule has 0 saturated carbocycles. The van der Waals surface area contributed by atoms with Crippen molar-refractivity contribution in [3.05, 3.63) is 71.8 Å². The van der Waals surface area contributed by atoms with Crippen LogP contribution >= 0.6 is 15.9 Å². The maximum atomic E-state index is 11.9. The average Bonchev–Trinajstić information content (AvgIpc) is 2.59. The average molecular weight is 363 g/mol. The smallest absolute Gasteiger partial charge is 0.338 e. The Morgan fingerprint density at radius 2 is 1.36 bits per heavy atom. The number of alkyl halides is 1. The number of benzene rings is 2. The first-order valence-electron chi connectivity index (χ1n) is 6.75. The normalized spacial score (nSPS) is 11.5. The number of halogens is 1. The zero-order valence-electron chi connectivity index (χ0n) is 11.8. The van der Waals surface area contributed by atoms with Crippen LogP contribution in [0.4, 0.5) is 0 Å². The first kappa shape index (κ1) is 16.2. The quantitative estimate of drug-likeness (QED) is 0.583. The molecule has 0 aliphatic rings. The zero-order valence-corrected chi connectivity index (χ0v) is 13.4. The van der Waals surface area contributed by atoms with Crippen LogP contribution in [0, 0.1) is 0 Å². The van der Waals surface area contributed by atoms with E-state index in [0.717, 1.165) is 0 Å². The fourth-order valence-electron chi connectivity index (χ4n) is 1.73. The lowest BCUT2D eigenvalue weighted by Gasteiger charge is -2.15. The van der Waals surface area contributed by atoms with Gasteiger partial charge in [-0.2, -0.15) is 0 Å². The summed E-state index contributed by atoms with van der Waals surface area (Å²) in [6.07, 6.45) is -0.541. The van der Waals surface area contributed by atoms with E-state index < -0.39 is 18.0 Å². The number of hydrogen-bond donors (Lipinski definition) is 0. The molecule has 0 heterocycles. The molecule has 2 aromatic rings. The van der Waals surface area contributed by atoms with Crippen LogP contribution < -0.4 is 0 Å². The Balaban J connectivity index is 1.87. The molecular formula is C17H15BrO4. The number of rotatable bonds is 6. The molecule has 5 heteroatoms. The summed E-state index contributed by atoms with van der Waals surface area (Å²) in [5.74, 6) is -0.886. The minimum absolute atomic E-state index is 0.00243. The largest absolute Gasteiger partial charge is 0.458 e. The molecule has 1 atom stereocenters. The summed E-state index contributed by atoms with van der Waals surface area (Å²) in [6, 6.07) is 17.3. The number of carbonyl (C=O) groups excluding carboxylic acids is 2. The van der Waals surface area contributed by atoms with E-state index >= 15 is 0 Å². The van der Waals surface area contributed by atoms with Gasteiger partial charge in [0.25, 0.3) is 0 Å². The van der Waals surface area contributed by atoms with Crippen LogP contribution in [0.5, 0.6) is 0 Å². The molecule has 0 aliphatic heterocycles. The second-order valence-electron chi connectivity index (χ2n) is 4.51. The van der Waals surface area contributed by atoms with E-state index in [1.165, 1.54) is 0 Å². The van der Waals surface area contributed by atoms with Gasteiger partial charge in [0, 0.05) is 5.33 Å². The van der Waals surface area contributed by atoms with Crippen LogP contribution in [0.3, 0.4) is 0 Å². The molecule has 114 valence electrons. The maximum Gasteiger partial charge on any atom is 0.338 e. The van der Waals surface area contributed by atoms with Gasteiger partial charge in [-0.3, -0.25) is 0 Å². The Bertz CT molecular complexity index is 613. The Morgan fingerprint density at radius 3 is 1.86 bits per heavy atom. The second kappa shape index (κ2) is 8.34. The third kappa shape index (κ3) is 4.70. The summed E-state index contributed by atoms with van der Waals surface area (Å²) >= 11 is 3.25. The summed E-state index contributed by atoms with van der Waals surface area (Å²) in [7, 11) is 0. The van der Waals surface area contributed by atoms with Crippen LogP contribution in [0.25, 0.3) is 0 Å². The van der Waals surface area contributed by atoms with E-state index in [2.05, 4.69) is 15.9 Å². The molecule has 0 N–H and O–H groups in total. The molecule has 0 radical (unpaired) electrons. The van der Waals surface area contributed by atoms with Crippen LogP contribution in [-0.4, -0.2) is 30.0 Å². The van der Waals surface area contributed by atoms with Crippen molar-refractivity contribution >= 4 is 27.9 Å². The molecule has 0 bridgehead atoms. The summed E-state index contributed by atoms with van der Waals surface area (Å²) in [6.45, 7) is -0.00243. The van der Waals surface area contributed by atoms with E-state index in [1.807, 2.05) is 12.1 Å². The number of ether oxygens (including phenoxy) is 2. The minimum atomic E-state index is -0.541. The minimum Gasteiger partial charge on any atom is -0.458 e. The van der Waals surface area contributed by atoms with Gasteiger partial charge in [0.2, 0.25) is 0 Å². The van der Waals surface area contributed by atoms with Gasteiger partial charge in [-0.15, -0.1) is 0 Å². The summed E-state index contributed by atoms with van der Waals surface area (Å²) in [5.41, 5.74) is 0.924. The van der Waals surface area contributed by atoms with Crippen LogP contribution in [0.1, 0.15) is 20.7 Å². The highest BCUT2D eigenvalue weighted by Crippen LogP contribution is 2.08. The molecular weight excluding hydrogens is 348 g/mol. The number of carbonyl (C=O) groups is 2. The zero-order chi connectivity index (χ0) is 15.8. The third-order valence-corrected chi connectivity index (χ3v) is 3.59. The van der Waals surface area contributed by atoms with Crippen LogP contribution in [-0.2, 0) is 9.47 Å². The number of hydrogen-bond acceptors (Lipinski definition) is 4. The van der Waals surface area contributed by atoms with Gasteiger partial charge >= 0.3 is 11.9 Å². The van der Waals surface area contributed by atoms with Crippen molar-refractivity contribution in [3.63, 3.8) is 0 Å². The van der Waals surface area contributed by atoms with Crippen molar-refractivity contribution in [1.29, 1.82) is 0 Å². The summed E-state index contributed by atoms with van der Waals surface area (Å²) < 4.78 is 10.5. The molecule has 0 aliphatic carbocycles. The van der Waals surface area contributed by atoms with Gasteiger partial charge in [-0.25, -0.2) is 9.59 Å². The van der Waals surface area contributed by atoms with E-state index in [9.17, 15) is 9.59 Å². The van der Waals surface area contributed by atoms with Gasteiger partial charge in [-0.1, -0.05) is 52.3 Å². The van der Waals surface area contributed by atoms with Crippen molar-refractivity contribution in [1.82, 2.24) is 0 Å². The van der Waals surface area contributed by atoms with Gasteiger partial charge in [-0.05, 0) is 24.3 Å². The lowest BCUT2D eigenvalue weighted by Crippen LogP contribution is -2.26. The molecule has 0 unspecified atom stereocenters. The van der Waals surface area contributed by atoms with Gasteiger partial charge < -0.3 is 9.47 Å². The molecule has 0 aromatic heterocycles. The van der Waals surface area contributed by atoms with Crippen LogP contribution in [0.15, 0.2) is 60.7 Å². The molecule has 2 aromatic carbocycles. The van der Waals surface area contributed by atoms with Gasteiger partial charge in [0.1, 0.15) is 12.7 Å². The monoisotopic (exact) mass is 362 g/mol. The van der Waals surface area contributed by atoms with E-state index in [0.29, 0.717) is 16.5 Å². The second-order valence-corrected chi connectivity index (χ2v) is 5.16. The standard InChI is InChI=1S/C17H15BrO4/c18-11-15(22-17(20)14-9-5-2-6-10-14)12-21-16(19)13-7-3-1-4-8-13/h1-10,15H,11-12H2/t15-/m0/s1. The van der Waals surface area contributed by atoms with E-state index in [1.54, 1.807) is 48.5 Å². The van der Waals surface area contributed by atoms with E-state index in [-0.39, 0.29) is 6.61 Å². The molecule has 2 rings (SSSR count). The summed E-state index contributed by atoms with van der Waals surface area (Å²) in [4.78, 5) is 23.8. The van der Waals surface area contributed by atoms with Crippen molar-refractivity contribution in [2.45, 2.75) is 6.10 Å². The molecule has 22 heavy (non-hydrogen) atoms. The van der Waals surface area contributed by atoms with Crippen molar-refractivity contribution in [2.24, 2.45) is 0 Å². The molecule has 0 fully saturated rings. The predicted octanol–water partition coefficient (Wildman–Crippen LogP) is 3.46. The SMILES string of the molecule is O=C(OC[C@H](CBr)OC(=O)c1ccccc1)c1ccccc1. The van der Waals surface area contributed by atoms with Gasteiger partial charge in [0.15, 0.2) is 0 Å². The predicted molar refractivity (Wildman–Crippen MR) is 86.2 cm³/mol. The van der Waals surface area contributed by atoms with Crippen molar-refractivity contribution in [2.75, 3.05) is 11.9 Å². The highest BCUT2D eigenvalue weighted by molar-refractivity contribution is 9.09. The third-order valence-electron chi connectivity index (χ3n) is 2.87. The van der Waals surface area contributed by atoms with Crippen molar-refractivity contribution < 1.29 is 19.1 Å². The maximum absolute atomic E-state index is 11.9. The Labute approximate surface area is 137 Å². The summed E-state index contributed by atoms with van der Waals surface area (Å²) in [5, 5.41) is 0.383. The Morgan fingerprint density at radius 1 is 0.864 bits per heavy atom. The first-order chi connectivity index (χ1) is 10.7. The van der Waals surface area contributed by atoms with Crippen LogP contribution in [0.2, 0.25) is 0 Å². The molecule has 0 spiro atoms. The highest BCUT2D eigenvalue weighted by Gasteiger charge is 2.17. The van der Waals surface area contributed by atoms with Crippen molar-refractivity contribution in [3.8, 4) is 0 Å². The van der Waals surface area contributed by atoms with E-state index in [4.69, 9.17) is 9.47 Å². The molecule has 0 amide bonds. The Kier molecular flexibility index (Phi) is 6.15. The lowest BCUT2D eigenvalue weighted by atomic mass is 10.2. The van der Waals surface area contributed by atoms with Gasteiger partial charge in [0.05, 0.1) is 11.1 Å². The Hall–Kier alpha value is -2.14. The topological polar surface area (TPSA) is 52.6 Å². The fourth-order valence-corrected chi connectivity index (χ4v) is 2.05. The first-order valence-corrected chi connectivity index (χ1v) is 7.87. The lowest BCUT2D eigenvalue weighted by molar-refractivity contribution is 0.00598. The number of esters is 2. The highest BCUT2D eigenvalue weighted by atomic mass is 79.9. The molecule has 0 saturated heterocycles. The fraction of sp³-hybridized carbons (Fsp3) is 0.176. The molecule has 4 nitrogen and oxygen atoms in total.